The van der Waals surface area contributed by atoms with Crippen molar-refractivity contribution in [2.24, 2.45) is 0 Å². The highest BCUT2D eigenvalue weighted by atomic mass is 16.5. The smallest absolute Gasteiger partial charge is 0.293 e. The molecule has 84 valence electrons. The van der Waals surface area contributed by atoms with Crippen LogP contribution in [0.1, 0.15) is 11.3 Å². The molecule has 0 fully saturated rings. The van der Waals surface area contributed by atoms with Gasteiger partial charge in [0.05, 0.1) is 12.1 Å². The fourth-order valence-corrected chi connectivity index (χ4v) is 1.75. The van der Waals surface area contributed by atoms with Gasteiger partial charge in [0.15, 0.2) is 0 Å². The summed E-state index contributed by atoms with van der Waals surface area (Å²) in [6.07, 6.45) is 0.617. The lowest BCUT2D eigenvalue weighted by molar-refractivity contribution is -0.128. The Bertz CT molecular complexity index is 477. The zero-order valence-corrected chi connectivity index (χ0v) is 8.99. The molecule has 0 aliphatic rings. The van der Waals surface area contributed by atoms with Crippen molar-refractivity contribution < 1.29 is 14.6 Å². The highest BCUT2D eigenvalue weighted by molar-refractivity contribution is 5.88. The molecule has 4 heteroatoms. The molecule has 2 N–H and O–H groups in total. The van der Waals surface area contributed by atoms with Gasteiger partial charge in [-0.25, -0.2) is 0 Å². The summed E-state index contributed by atoms with van der Waals surface area (Å²) in [5.41, 5.74) is 2.79. The number of benzene rings is 1. The molecule has 16 heavy (non-hydrogen) atoms. The zero-order chi connectivity index (χ0) is 11.5. The minimum absolute atomic E-state index is 0.239. The maximum absolute atomic E-state index is 10.0. The Kier molecular flexibility index (Phi) is 2.81. The Morgan fingerprint density at radius 2 is 2.31 bits per heavy atom. The van der Waals surface area contributed by atoms with Crippen molar-refractivity contribution in [3.05, 3.63) is 29.5 Å². The van der Waals surface area contributed by atoms with Gasteiger partial charge in [0, 0.05) is 17.5 Å². The predicted molar refractivity (Wildman–Crippen MR) is 60.4 cm³/mol. The number of hydrogen-bond acceptors (Lipinski definition) is 3. The van der Waals surface area contributed by atoms with E-state index in [-0.39, 0.29) is 5.75 Å². The number of aromatic nitrogens is 1. The van der Waals surface area contributed by atoms with E-state index in [1.807, 2.05) is 19.1 Å². The van der Waals surface area contributed by atoms with E-state index >= 15 is 0 Å². The molecule has 1 aromatic carbocycles. The van der Waals surface area contributed by atoms with Crippen molar-refractivity contribution in [2.45, 2.75) is 13.3 Å². The van der Waals surface area contributed by atoms with E-state index in [1.165, 1.54) is 0 Å². The molecule has 0 bridgehead atoms. The lowest BCUT2D eigenvalue weighted by Crippen LogP contribution is -1.96. The van der Waals surface area contributed by atoms with Crippen molar-refractivity contribution >= 4 is 17.4 Å². The molecule has 0 atom stereocenters. The first-order chi connectivity index (χ1) is 7.72. The van der Waals surface area contributed by atoms with Crippen LogP contribution in [-0.4, -0.2) is 23.2 Å². The van der Waals surface area contributed by atoms with Gasteiger partial charge in [0.25, 0.3) is 6.47 Å². The van der Waals surface area contributed by atoms with E-state index in [0.29, 0.717) is 19.5 Å². The quantitative estimate of drug-likeness (QED) is 0.609. The van der Waals surface area contributed by atoms with E-state index in [2.05, 4.69) is 9.72 Å². The van der Waals surface area contributed by atoms with Crippen LogP contribution >= 0.6 is 0 Å². The highest BCUT2D eigenvalue weighted by Gasteiger charge is 2.06. The summed E-state index contributed by atoms with van der Waals surface area (Å²) in [7, 11) is 0. The summed E-state index contributed by atoms with van der Waals surface area (Å²) in [5.74, 6) is 0.239. The molecule has 0 aliphatic heterocycles. The number of carbonyl (C=O) groups is 1. The predicted octanol–water partition coefficient (Wildman–Crippen LogP) is 1.90. The van der Waals surface area contributed by atoms with Crippen LogP contribution in [0.15, 0.2) is 18.2 Å². The normalized spacial score (nSPS) is 10.6. The molecule has 0 amide bonds. The molecule has 2 rings (SSSR count). The molecule has 0 unspecified atom stereocenters. The molecule has 0 aliphatic carbocycles. The number of nitrogens with one attached hydrogen (secondary N) is 1. The number of rotatable bonds is 4. The van der Waals surface area contributed by atoms with Crippen molar-refractivity contribution in [3.8, 4) is 5.75 Å². The van der Waals surface area contributed by atoms with Gasteiger partial charge in [-0.05, 0) is 24.6 Å². The Hall–Kier alpha value is -1.97. The molecular formula is C12H13NO3. The first-order valence-electron chi connectivity index (χ1n) is 5.08. The largest absolute Gasteiger partial charge is 0.506 e. The number of aryl methyl sites for hydroxylation is 1. The summed E-state index contributed by atoms with van der Waals surface area (Å²) in [4.78, 5) is 13.1. The number of fused-ring (bicyclic) bond motifs is 1. The number of phenolic OH excluding ortho intramolecular Hbond substituents is 1. The highest BCUT2D eigenvalue weighted by Crippen LogP contribution is 2.27. The van der Waals surface area contributed by atoms with Crippen LogP contribution in [0, 0.1) is 6.92 Å². The van der Waals surface area contributed by atoms with E-state index in [9.17, 15) is 9.90 Å². The van der Waals surface area contributed by atoms with E-state index in [0.717, 1.165) is 22.2 Å². The molecule has 0 radical (unpaired) electrons. The van der Waals surface area contributed by atoms with Gasteiger partial charge < -0.3 is 14.8 Å². The Balaban J connectivity index is 2.32. The number of ether oxygens (including phenoxy) is 1. The van der Waals surface area contributed by atoms with Crippen LogP contribution in [0.5, 0.6) is 5.75 Å². The first-order valence-corrected chi connectivity index (χ1v) is 5.08. The fourth-order valence-electron chi connectivity index (χ4n) is 1.75. The number of H-pyrrole nitrogens is 1. The van der Waals surface area contributed by atoms with Crippen LogP contribution in [0.3, 0.4) is 0 Å². The Morgan fingerprint density at radius 3 is 3.00 bits per heavy atom. The van der Waals surface area contributed by atoms with Gasteiger partial charge in [-0.1, -0.05) is 6.07 Å². The average Bonchev–Trinajstić information content (AvgIpc) is 2.69. The maximum Gasteiger partial charge on any atom is 0.293 e. The SMILES string of the molecule is Cc1ccc(O)c2[nH]c(CCOC=O)cc12. The topological polar surface area (TPSA) is 62.3 Å². The second-order valence-electron chi connectivity index (χ2n) is 3.70. The standard InChI is InChI=1S/C12H13NO3/c1-8-2-3-11(15)12-10(8)6-9(13-12)4-5-16-7-14/h2-3,6-7,13,15H,4-5H2,1H3. The summed E-state index contributed by atoms with van der Waals surface area (Å²) >= 11 is 0. The summed E-state index contributed by atoms with van der Waals surface area (Å²) in [5, 5.41) is 10.7. The van der Waals surface area contributed by atoms with Crippen molar-refractivity contribution in [1.29, 1.82) is 0 Å². The number of aromatic amines is 1. The third-order valence-corrected chi connectivity index (χ3v) is 2.60. The van der Waals surface area contributed by atoms with Crippen LogP contribution in [0.2, 0.25) is 0 Å². The molecule has 1 heterocycles. The Labute approximate surface area is 92.9 Å². The van der Waals surface area contributed by atoms with E-state index < -0.39 is 0 Å². The maximum atomic E-state index is 10.0. The summed E-state index contributed by atoms with van der Waals surface area (Å²) in [6.45, 7) is 2.77. The van der Waals surface area contributed by atoms with E-state index in [4.69, 9.17) is 0 Å². The second-order valence-corrected chi connectivity index (χ2v) is 3.70. The fraction of sp³-hybridized carbons (Fsp3) is 0.250. The minimum atomic E-state index is 0.239. The van der Waals surface area contributed by atoms with Gasteiger partial charge >= 0.3 is 0 Å². The van der Waals surface area contributed by atoms with Crippen molar-refractivity contribution in [2.75, 3.05) is 6.61 Å². The number of aromatic hydroxyl groups is 1. The molecule has 0 saturated heterocycles. The number of phenols is 1. The molecule has 1 aromatic heterocycles. The van der Waals surface area contributed by atoms with Crippen molar-refractivity contribution in [3.63, 3.8) is 0 Å². The first kappa shape index (κ1) is 10.5. The van der Waals surface area contributed by atoms with Crippen LogP contribution in [0.4, 0.5) is 0 Å². The number of carbonyl (C=O) groups excluding carboxylic acids is 1. The molecular weight excluding hydrogens is 206 g/mol. The van der Waals surface area contributed by atoms with Crippen LogP contribution in [0.25, 0.3) is 10.9 Å². The lowest BCUT2D eigenvalue weighted by Gasteiger charge is -1.97. The molecule has 0 saturated carbocycles. The van der Waals surface area contributed by atoms with Crippen LogP contribution in [-0.2, 0) is 16.0 Å². The van der Waals surface area contributed by atoms with Gasteiger partial charge in [0.1, 0.15) is 5.75 Å². The van der Waals surface area contributed by atoms with Crippen LogP contribution < -0.4 is 0 Å². The number of hydrogen-bond donors (Lipinski definition) is 2. The third kappa shape index (κ3) is 1.86. The minimum Gasteiger partial charge on any atom is -0.506 e. The van der Waals surface area contributed by atoms with Gasteiger partial charge in [0.2, 0.25) is 0 Å². The average molecular weight is 219 g/mol. The van der Waals surface area contributed by atoms with Gasteiger partial charge in [-0.2, -0.15) is 0 Å². The molecule has 2 aromatic rings. The van der Waals surface area contributed by atoms with Gasteiger partial charge in [-0.15, -0.1) is 0 Å². The van der Waals surface area contributed by atoms with E-state index in [1.54, 1.807) is 6.07 Å². The van der Waals surface area contributed by atoms with Gasteiger partial charge in [-0.3, -0.25) is 4.79 Å². The monoisotopic (exact) mass is 219 g/mol. The zero-order valence-electron chi connectivity index (χ0n) is 8.99. The summed E-state index contributed by atoms with van der Waals surface area (Å²) in [6, 6.07) is 5.51. The lowest BCUT2D eigenvalue weighted by atomic mass is 10.1. The second kappa shape index (κ2) is 4.26. The Morgan fingerprint density at radius 1 is 1.50 bits per heavy atom. The third-order valence-electron chi connectivity index (χ3n) is 2.60. The molecule has 0 spiro atoms. The summed E-state index contributed by atoms with van der Waals surface area (Å²) < 4.78 is 4.63. The molecule has 4 nitrogen and oxygen atoms in total. The van der Waals surface area contributed by atoms with Crippen molar-refractivity contribution in [1.82, 2.24) is 4.98 Å².